The summed E-state index contributed by atoms with van der Waals surface area (Å²) in [5.74, 6) is 0.789. The number of carbonyl (C=O) groups excluding carboxylic acids is 2. The summed E-state index contributed by atoms with van der Waals surface area (Å²) in [4.78, 5) is 23.3. The Balaban J connectivity index is 2.15. The van der Waals surface area contributed by atoms with Crippen molar-refractivity contribution in [2.45, 2.75) is 20.3 Å². The third-order valence-electron chi connectivity index (χ3n) is 2.96. The van der Waals surface area contributed by atoms with Crippen LogP contribution in [-0.4, -0.2) is 31.8 Å². The predicted molar refractivity (Wildman–Crippen MR) is 74.4 cm³/mol. The molecule has 0 saturated carbocycles. The molecule has 2 N–H and O–H groups in total. The van der Waals surface area contributed by atoms with E-state index in [0.29, 0.717) is 36.7 Å². The standard InChI is InChI=1S/C14H18N2O5/c1-3-9-10(13(17)15-16-14(18)19-4-2)5-6-11-12(9)21-8-7-20-11/h5-6H,3-4,7-8H2,1-2H3,(H,15,17)(H,16,18). The number of carbonyl (C=O) groups is 2. The summed E-state index contributed by atoms with van der Waals surface area (Å²) in [6.45, 7) is 4.77. The summed E-state index contributed by atoms with van der Waals surface area (Å²) in [6, 6.07) is 3.33. The fraction of sp³-hybridized carbons (Fsp3) is 0.429. The minimum Gasteiger partial charge on any atom is -0.486 e. The van der Waals surface area contributed by atoms with Gasteiger partial charge in [-0.25, -0.2) is 10.2 Å². The number of rotatable bonds is 3. The van der Waals surface area contributed by atoms with Gasteiger partial charge in [0.25, 0.3) is 5.91 Å². The van der Waals surface area contributed by atoms with Gasteiger partial charge in [-0.15, -0.1) is 0 Å². The number of hydrogen-bond acceptors (Lipinski definition) is 5. The van der Waals surface area contributed by atoms with Gasteiger partial charge in [0.05, 0.1) is 6.61 Å². The highest BCUT2D eigenvalue weighted by molar-refractivity contribution is 5.97. The number of nitrogens with one attached hydrogen (secondary N) is 2. The molecule has 114 valence electrons. The maximum Gasteiger partial charge on any atom is 0.426 e. The van der Waals surface area contributed by atoms with Crippen molar-refractivity contribution in [3.05, 3.63) is 23.3 Å². The van der Waals surface area contributed by atoms with Gasteiger partial charge in [0.15, 0.2) is 11.5 Å². The number of hydrogen-bond donors (Lipinski definition) is 2. The van der Waals surface area contributed by atoms with Gasteiger partial charge in [-0.05, 0) is 25.5 Å². The molecule has 2 rings (SSSR count). The van der Waals surface area contributed by atoms with E-state index in [9.17, 15) is 9.59 Å². The fourth-order valence-corrected chi connectivity index (χ4v) is 2.08. The summed E-state index contributed by atoms with van der Waals surface area (Å²) in [5.41, 5.74) is 5.66. The van der Waals surface area contributed by atoms with Gasteiger partial charge in [0.1, 0.15) is 13.2 Å². The van der Waals surface area contributed by atoms with Crippen LogP contribution in [0.5, 0.6) is 11.5 Å². The molecule has 0 fully saturated rings. The minimum absolute atomic E-state index is 0.228. The molecule has 0 saturated heterocycles. The van der Waals surface area contributed by atoms with E-state index in [-0.39, 0.29) is 6.61 Å². The molecule has 21 heavy (non-hydrogen) atoms. The Labute approximate surface area is 122 Å². The van der Waals surface area contributed by atoms with Crippen LogP contribution in [0.4, 0.5) is 4.79 Å². The molecule has 7 heteroatoms. The second-order valence-corrected chi connectivity index (χ2v) is 4.27. The zero-order valence-electron chi connectivity index (χ0n) is 12.0. The second kappa shape index (κ2) is 6.83. The topological polar surface area (TPSA) is 85.9 Å². The molecular formula is C14H18N2O5. The van der Waals surface area contributed by atoms with Crippen molar-refractivity contribution in [1.82, 2.24) is 10.9 Å². The average molecular weight is 294 g/mol. The van der Waals surface area contributed by atoms with Crippen LogP contribution in [0, 0.1) is 0 Å². The van der Waals surface area contributed by atoms with Crippen molar-refractivity contribution in [2.75, 3.05) is 19.8 Å². The molecule has 0 aliphatic carbocycles. The van der Waals surface area contributed by atoms with Gasteiger partial charge in [0, 0.05) is 11.1 Å². The Hall–Kier alpha value is -2.44. The molecule has 0 atom stereocenters. The van der Waals surface area contributed by atoms with E-state index in [2.05, 4.69) is 15.6 Å². The lowest BCUT2D eigenvalue weighted by Gasteiger charge is -2.22. The molecule has 0 spiro atoms. The average Bonchev–Trinajstić information content (AvgIpc) is 2.51. The molecule has 1 aliphatic rings. The zero-order valence-corrected chi connectivity index (χ0v) is 12.0. The number of amides is 2. The summed E-state index contributed by atoms with van der Waals surface area (Å²) in [6.07, 6.45) is -0.101. The van der Waals surface area contributed by atoms with Gasteiger partial charge in [-0.2, -0.15) is 0 Å². The van der Waals surface area contributed by atoms with Crippen LogP contribution in [0.25, 0.3) is 0 Å². The SMILES string of the molecule is CCOC(=O)NNC(=O)c1ccc2c(c1CC)OCCO2. The minimum atomic E-state index is -0.707. The van der Waals surface area contributed by atoms with Crippen LogP contribution in [-0.2, 0) is 11.2 Å². The van der Waals surface area contributed by atoms with E-state index in [1.807, 2.05) is 6.92 Å². The largest absolute Gasteiger partial charge is 0.486 e. The molecule has 1 heterocycles. The van der Waals surface area contributed by atoms with Crippen molar-refractivity contribution in [3.8, 4) is 11.5 Å². The zero-order chi connectivity index (χ0) is 15.2. The van der Waals surface area contributed by atoms with E-state index in [0.717, 1.165) is 5.56 Å². The van der Waals surface area contributed by atoms with Gasteiger partial charge >= 0.3 is 6.09 Å². The third kappa shape index (κ3) is 3.36. The van der Waals surface area contributed by atoms with Crippen LogP contribution in [0.1, 0.15) is 29.8 Å². The highest BCUT2D eigenvalue weighted by atomic mass is 16.6. The second-order valence-electron chi connectivity index (χ2n) is 4.27. The molecule has 0 bridgehead atoms. The van der Waals surface area contributed by atoms with Gasteiger partial charge in [0.2, 0.25) is 0 Å². The number of fused-ring (bicyclic) bond motifs is 1. The molecule has 0 radical (unpaired) electrons. The maximum atomic E-state index is 12.1. The molecule has 0 aromatic heterocycles. The first kappa shape index (κ1) is 15.0. The lowest BCUT2D eigenvalue weighted by Crippen LogP contribution is -2.42. The summed E-state index contributed by atoms with van der Waals surface area (Å²) in [5, 5.41) is 0. The van der Waals surface area contributed by atoms with Crippen molar-refractivity contribution in [3.63, 3.8) is 0 Å². The summed E-state index contributed by atoms with van der Waals surface area (Å²) >= 11 is 0. The lowest BCUT2D eigenvalue weighted by atomic mass is 10.0. The molecule has 2 amide bonds. The number of ether oxygens (including phenoxy) is 3. The van der Waals surface area contributed by atoms with Crippen molar-refractivity contribution >= 4 is 12.0 Å². The molecule has 1 aliphatic heterocycles. The summed E-state index contributed by atoms with van der Waals surface area (Å²) in [7, 11) is 0. The molecule has 1 aromatic carbocycles. The molecule has 7 nitrogen and oxygen atoms in total. The smallest absolute Gasteiger partial charge is 0.426 e. The highest BCUT2D eigenvalue weighted by Crippen LogP contribution is 2.36. The van der Waals surface area contributed by atoms with Crippen LogP contribution < -0.4 is 20.3 Å². The Morgan fingerprint density at radius 1 is 1.19 bits per heavy atom. The first-order valence-electron chi connectivity index (χ1n) is 6.82. The Morgan fingerprint density at radius 2 is 1.95 bits per heavy atom. The van der Waals surface area contributed by atoms with Gasteiger partial charge < -0.3 is 14.2 Å². The monoisotopic (exact) mass is 294 g/mol. The van der Waals surface area contributed by atoms with E-state index in [1.165, 1.54) is 0 Å². The highest BCUT2D eigenvalue weighted by Gasteiger charge is 2.21. The van der Waals surface area contributed by atoms with Crippen molar-refractivity contribution in [2.24, 2.45) is 0 Å². The quantitative estimate of drug-likeness (QED) is 0.823. The Kier molecular flexibility index (Phi) is 4.86. The first-order chi connectivity index (χ1) is 10.2. The van der Waals surface area contributed by atoms with Crippen molar-refractivity contribution < 1.29 is 23.8 Å². The van der Waals surface area contributed by atoms with Crippen LogP contribution in [0.2, 0.25) is 0 Å². The van der Waals surface area contributed by atoms with E-state index in [1.54, 1.807) is 19.1 Å². The molecular weight excluding hydrogens is 276 g/mol. The Morgan fingerprint density at radius 3 is 2.67 bits per heavy atom. The first-order valence-corrected chi connectivity index (χ1v) is 6.82. The normalized spacial score (nSPS) is 12.5. The van der Waals surface area contributed by atoms with Crippen LogP contribution in [0.3, 0.4) is 0 Å². The summed E-state index contributed by atoms with van der Waals surface area (Å²) < 4.78 is 15.7. The lowest BCUT2D eigenvalue weighted by molar-refractivity contribution is 0.0910. The Bertz CT molecular complexity index is 544. The van der Waals surface area contributed by atoms with E-state index in [4.69, 9.17) is 9.47 Å². The third-order valence-corrected chi connectivity index (χ3v) is 2.96. The molecule has 1 aromatic rings. The fourth-order valence-electron chi connectivity index (χ4n) is 2.08. The van der Waals surface area contributed by atoms with Crippen LogP contribution in [0.15, 0.2) is 12.1 Å². The van der Waals surface area contributed by atoms with E-state index < -0.39 is 12.0 Å². The predicted octanol–water partition coefficient (Wildman–Crippen LogP) is 1.41. The van der Waals surface area contributed by atoms with Gasteiger partial charge in [-0.3, -0.25) is 10.2 Å². The number of hydrazine groups is 1. The van der Waals surface area contributed by atoms with Crippen molar-refractivity contribution in [1.29, 1.82) is 0 Å². The van der Waals surface area contributed by atoms with Crippen LogP contribution >= 0.6 is 0 Å². The van der Waals surface area contributed by atoms with Gasteiger partial charge in [-0.1, -0.05) is 6.92 Å². The molecule has 0 unspecified atom stereocenters. The maximum absolute atomic E-state index is 12.1. The number of benzene rings is 1. The van der Waals surface area contributed by atoms with E-state index >= 15 is 0 Å².